The second kappa shape index (κ2) is 7.43. The van der Waals surface area contributed by atoms with E-state index in [4.69, 9.17) is 14.5 Å². The van der Waals surface area contributed by atoms with Gasteiger partial charge in [-0.15, -0.1) is 0 Å². The zero-order valence-corrected chi connectivity index (χ0v) is 19.2. The highest BCUT2D eigenvalue weighted by Crippen LogP contribution is 2.60. The number of hydrogen-bond acceptors (Lipinski definition) is 7. The minimum Gasteiger partial charge on any atom is -0.496 e. The van der Waals surface area contributed by atoms with Gasteiger partial charge in [0.25, 0.3) is 5.19 Å². The molecule has 0 radical (unpaired) electrons. The molecular formula is C23H27N5O3S. The fraction of sp³-hybridized carbons (Fsp3) is 0.565. The lowest BCUT2D eigenvalue weighted by atomic mass is 9.49. The van der Waals surface area contributed by atoms with Gasteiger partial charge in [0, 0.05) is 17.8 Å². The zero-order valence-electron chi connectivity index (χ0n) is 18.4. The number of tetrazole rings is 1. The Labute approximate surface area is 190 Å². The van der Waals surface area contributed by atoms with E-state index in [1.54, 1.807) is 25.5 Å². The largest absolute Gasteiger partial charge is 0.496 e. The lowest BCUT2D eigenvalue weighted by molar-refractivity contribution is -0.00711. The zero-order chi connectivity index (χ0) is 21.9. The average Bonchev–Trinajstić information content (AvgIpc) is 3.39. The summed E-state index contributed by atoms with van der Waals surface area (Å²) in [4.78, 5) is 17.4. The molecule has 2 heterocycles. The van der Waals surface area contributed by atoms with Crippen LogP contribution in [0.1, 0.15) is 49.8 Å². The second-order valence-electron chi connectivity index (χ2n) is 9.74. The number of nitrogens with zero attached hydrogens (tertiary/aromatic N) is 5. The molecule has 32 heavy (non-hydrogen) atoms. The van der Waals surface area contributed by atoms with Crippen LogP contribution >= 0.6 is 11.3 Å². The fourth-order valence-electron chi connectivity index (χ4n) is 6.68. The van der Waals surface area contributed by atoms with Crippen LogP contribution in [0.2, 0.25) is 0 Å². The summed E-state index contributed by atoms with van der Waals surface area (Å²) in [7, 11) is 3.18. The van der Waals surface area contributed by atoms with E-state index in [1.807, 2.05) is 18.2 Å². The van der Waals surface area contributed by atoms with Gasteiger partial charge in [0.1, 0.15) is 12.4 Å². The first-order valence-corrected chi connectivity index (χ1v) is 12.2. The summed E-state index contributed by atoms with van der Waals surface area (Å²) in [5, 5.41) is 10.7. The van der Waals surface area contributed by atoms with Crippen molar-refractivity contribution in [3.63, 3.8) is 0 Å². The Morgan fingerprint density at radius 2 is 1.84 bits per heavy atom. The van der Waals surface area contributed by atoms with Gasteiger partial charge in [0.05, 0.1) is 24.1 Å². The highest BCUT2D eigenvalue weighted by molar-refractivity contribution is 7.11. The Kier molecular flexibility index (Phi) is 4.64. The molecule has 0 aliphatic heterocycles. The Morgan fingerprint density at radius 3 is 2.47 bits per heavy atom. The molecule has 4 aliphatic carbocycles. The maximum absolute atomic E-state index is 12.4. The molecule has 3 aromatic rings. The van der Waals surface area contributed by atoms with Gasteiger partial charge in [0.2, 0.25) is 0 Å². The van der Waals surface area contributed by atoms with Crippen molar-refractivity contribution in [1.82, 2.24) is 24.8 Å². The van der Waals surface area contributed by atoms with Crippen LogP contribution in [0.4, 0.5) is 0 Å². The fourth-order valence-corrected chi connectivity index (χ4v) is 7.47. The van der Waals surface area contributed by atoms with E-state index in [2.05, 4.69) is 15.8 Å². The van der Waals surface area contributed by atoms with Gasteiger partial charge in [-0.2, -0.15) is 9.36 Å². The van der Waals surface area contributed by atoms with E-state index in [9.17, 15) is 4.79 Å². The SMILES string of the molecule is COc1cccc(-n2nnn(C)c2=O)c1COc1nc(C23CC4CC(CC(C4)C2)C3)cs1. The molecule has 0 N–H and O–H groups in total. The van der Waals surface area contributed by atoms with E-state index in [-0.39, 0.29) is 17.7 Å². The van der Waals surface area contributed by atoms with Crippen molar-refractivity contribution in [2.75, 3.05) is 7.11 Å². The predicted octanol–water partition coefficient (Wildman–Crippen LogP) is 3.48. The molecule has 168 valence electrons. The minimum absolute atomic E-state index is 0.232. The number of methoxy groups -OCH3 is 1. The van der Waals surface area contributed by atoms with Crippen molar-refractivity contribution < 1.29 is 9.47 Å². The van der Waals surface area contributed by atoms with E-state index < -0.39 is 0 Å². The highest BCUT2D eigenvalue weighted by atomic mass is 32.1. The average molecular weight is 454 g/mol. The maximum atomic E-state index is 12.4. The summed E-state index contributed by atoms with van der Waals surface area (Å²) < 4.78 is 14.2. The van der Waals surface area contributed by atoms with Crippen LogP contribution in [0.15, 0.2) is 28.4 Å². The minimum atomic E-state index is -0.321. The van der Waals surface area contributed by atoms with Crippen molar-refractivity contribution in [1.29, 1.82) is 0 Å². The van der Waals surface area contributed by atoms with Gasteiger partial charge in [0.15, 0.2) is 0 Å². The first-order valence-electron chi connectivity index (χ1n) is 11.3. The molecule has 0 atom stereocenters. The van der Waals surface area contributed by atoms with Gasteiger partial charge < -0.3 is 9.47 Å². The molecule has 4 bridgehead atoms. The smallest absolute Gasteiger partial charge is 0.368 e. The van der Waals surface area contributed by atoms with Crippen LogP contribution in [0.25, 0.3) is 5.69 Å². The Balaban J connectivity index is 1.26. The quantitative estimate of drug-likeness (QED) is 0.568. The van der Waals surface area contributed by atoms with Gasteiger partial charge >= 0.3 is 5.69 Å². The molecule has 2 aromatic heterocycles. The number of ether oxygens (including phenoxy) is 2. The Morgan fingerprint density at radius 1 is 1.12 bits per heavy atom. The summed E-state index contributed by atoms with van der Waals surface area (Å²) in [6.45, 7) is 0.232. The van der Waals surface area contributed by atoms with Gasteiger partial charge in [-0.1, -0.05) is 17.4 Å². The molecule has 8 nitrogen and oxygen atoms in total. The Hall–Kier alpha value is -2.68. The second-order valence-corrected chi connectivity index (χ2v) is 10.6. The standard InChI is InChI=1S/C23H27N5O3S/c1-27-22(29)28(26-25-27)18-4-3-5-19(30-2)17(18)12-31-21-24-20(13-32-21)23-9-14-6-15(10-23)8-16(7-14)11-23/h3-5,13-16H,6-12H2,1-2H3. The van der Waals surface area contributed by atoms with Gasteiger partial charge in [-0.05, 0) is 78.8 Å². The van der Waals surface area contributed by atoms with E-state index in [0.717, 1.165) is 23.3 Å². The van der Waals surface area contributed by atoms with E-state index in [0.29, 0.717) is 16.6 Å². The first-order chi connectivity index (χ1) is 15.5. The van der Waals surface area contributed by atoms with Crippen molar-refractivity contribution in [3.8, 4) is 16.6 Å². The van der Waals surface area contributed by atoms with E-state index in [1.165, 1.54) is 53.6 Å². The number of rotatable bonds is 6. The van der Waals surface area contributed by atoms with Crippen molar-refractivity contribution >= 4 is 11.3 Å². The van der Waals surface area contributed by atoms with Crippen molar-refractivity contribution in [3.05, 3.63) is 45.3 Å². The molecule has 0 unspecified atom stereocenters. The summed E-state index contributed by atoms with van der Waals surface area (Å²) in [5.41, 5.74) is 2.50. The number of aromatic nitrogens is 5. The third kappa shape index (κ3) is 3.17. The maximum Gasteiger partial charge on any atom is 0.368 e. The molecule has 9 heteroatoms. The highest BCUT2D eigenvalue weighted by Gasteiger charge is 2.52. The number of aryl methyl sites for hydroxylation is 1. The van der Waals surface area contributed by atoms with Crippen LogP contribution in [0, 0.1) is 17.8 Å². The number of benzene rings is 1. The van der Waals surface area contributed by atoms with Crippen molar-refractivity contribution in [2.24, 2.45) is 24.8 Å². The third-order valence-electron chi connectivity index (χ3n) is 7.68. The normalized spacial score (nSPS) is 28.2. The Bertz CT molecular complexity index is 1180. The number of hydrogen-bond donors (Lipinski definition) is 0. The monoisotopic (exact) mass is 453 g/mol. The molecule has 1 aromatic carbocycles. The molecule has 4 saturated carbocycles. The summed E-state index contributed by atoms with van der Waals surface area (Å²) in [6.07, 6.45) is 8.12. The van der Waals surface area contributed by atoms with Crippen LogP contribution in [-0.4, -0.2) is 31.9 Å². The van der Waals surface area contributed by atoms with Crippen LogP contribution in [0.5, 0.6) is 10.9 Å². The van der Waals surface area contributed by atoms with E-state index >= 15 is 0 Å². The van der Waals surface area contributed by atoms with Gasteiger partial charge in [-0.3, -0.25) is 0 Å². The summed E-state index contributed by atoms with van der Waals surface area (Å²) in [6, 6.07) is 5.50. The first kappa shape index (κ1) is 20.0. The number of thiazole rings is 1. The third-order valence-corrected chi connectivity index (χ3v) is 8.43. The van der Waals surface area contributed by atoms with Crippen LogP contribution in [-0.2, 0) is 19.1 Å². The predicted molar refractivity (Wildman–Crippen MR) is 119 cm³/mol. The molecule has 0 saturated heterocycles. The van der Waals surface area contributed by atoms with Crippen LogP contribution in [0.3, 0.4) is 0 Å². The molecule has 0 spiro atoms. The molecule has 4 aliphatic rings. The summed E-state index contributed by atoms with van der Waals surface area (Å²) >= 11 is 1.57. The topological polar surface area (TPSA) is 84.1 Å². The van der Waals surface area contributed by atoms with Crippen LogP contribution < -0.4 is 15.2 Å². The van der Waals surface area contributed by atoms with Gasteiger partial charge in [-0.25, -0.2) is 9.78 Å². The lowest BCUT2D eigenvalue weighted by Gasteiger charge is -2.56. The molecule has 7 rings (SSSR count). The molecule has 4 fully saturated rings. The molecule has 0 amide bonds. The lowest BCUT2D eigenvalue weighted by Crippen LogP contribution is -2.48. The summed E-state index contributed by atoms with van der Waals surface area (Å²) in [5.74, 6) is 3.29. The van der Waals surface area contributed by atoms with Crippen molar-refractivity contribution in [2.45, 2.75) is 50.5 Å². The molecular weight excluding hydrogens is 426 g/mol.